The fourth-order valence-electron chi connectivity index (χ4n) is 3.44. The molecular weight excluding hydrogens is 358 g/mol. The zero-order valence-electron chi connectivity index (χ0n) is 16.0. The number of aromatic nitrogens is 1. The predicted octanol–water partition coefficient (Wildman–Crippen LogP) is 2.22. The maximum Gasteiger partial charge on any atom is 0.255 e. The predicted molar refractivity (Wildman–Crippen MR) is 105 cm³/mol. The second-order valence-electron chi connectivity index (χ2n) is 7.04. The van der Waals surface area contributed by atoms with Gasteiger partial charge in [0, 0.05) is 32.9 Å². The molecule has 1 saturated heterocycles. The van der Waals surface area contributed by atoms with Crippen LogP contribution in [-0.2, 0) is 4.74 Å². The third-order valence-corrected chi connectivity index (χ3v) is 4.93. The largest absolute Gasteiger partial charge is 0.486 e. The van der Waals surface area contributed by atoms with Crippen molar-refractivity contribution in [1.82, 2.24) is 9.88 Å². The van der Waals surface area contributed by atoms with Gasteiger partial charge in [0.15, 0.2) is 17.6 Å². The Morgan fingerprint density at radius 2 is 2.04 bits per heavy atom. The Kier molecular flexibility index (Phi) is 5.62. The summed E-state index contributed by atoms with van der Waals surface area (Å²) < 4.78 is 17.2. The molecule has 1 atom stereocenters. The molecule has 0 N–H and O–H groups in total. The summed E-state index contributed by atoms with van der Waals surface area (Å²) >= 11 is 0. The lowest BCUT2D eigenvalue weighted by Gasteiger charge is -2.29. The van der Waals surface area contributed by atoms with E-state index in [-0.39, 0.29) is 12.0 Å². The molecule has 0 aliphatic carbocycles. The van der Waals surface area contributed by atoms with Crippen LogP contribution in [0, 0.1) is 0 Å². The molecule has 7 nitrogen and oxygen atoms in total. The Bertz CT molecular complexity index is 804. The van der Waals surface area contributed by atoms with Gasteiger partial charge in [-0.25, -0.2) is 4.98 Å². The van der Waals surface area contributed by atoms with Crippen molar-refractivity contribution >= 4 is 11.7 Å². The van der Waals surface area contributed by atoms with Gasteiger partial charge >= 0.3 is 0 Å². The molecule has 1 amide bonds. The Morgan fingerprint density at radius 3 is 2.86 bits per heavy atom. The van der Waals surface area contributed by atoms with Crippen molar-refractivity contribution in [3.63, 3.8) is 0 Å². The topological polar surface area (TPSA) is 64.1 Å². The van der Waals surface area contributed by atoms with E-state index >= 15 is 0 Å². The van der Waals surface area contributed by atoms with Crippen molar-refractivity contribution in [2.24, 2.45) is 0 Å². The molecule has 0 spiro atoms. The molecular formula is C21H25N3O4. The number of anilines is 1. The first kappa shape index (κ1) is 18.6. The van der Waals surface area contributed by atoms with Crippen molar-refractivity contribution in [1.29, 1.82) is 0 Å². The van der Waals surface area contributed by atoms with E-state index in [4.69, 9.17) is 14.2 Å². The molecule has 0 unspecified atom stereocenters. The normalized spacial score (nSPS) is 19.0. The minimum atomic E-state index is -0.201. The smallest absolute Gasteiger partial charge is 0.255 e. The van der Waals surface area contributed by atoms with E-state index in [2.05, 4.69) is 9.88 Å². The highest BCUT2D eigenvalue weighted by Crippen LogP contribution is 2.31. The number of carbonyl (C=O) groups excluding carboxylic acids is 1. The molecule has 148 valence electrons. The first-order chi connectivity index (χ1) is 13.7. The molecule has 1 aromatic carbocycles. The van der Waals surface area contributed by atoms with Crippen LogP contribution >= 0.6 is 0 Å². The lowest BCUT2D eigenvalue weighted by molar-refractivity contribution is 0.0520. The van der Waals surface area contributed by atoms with E-state index in [1.165, 1.54) is 0 Å². The van der Waals surface area contributed by atoms with Gasteiger partial charge < -0.3 is 24.0 Å². The lowest BCUT2D eigenvalue weighted by atomic mass is 10.2. The van der Waals surface area contributed by atoms with Gasteiger partial charge in [-0.3, -0.25) is 4.79 Å². The summed E-state index contributed by atoms with van der Waals surface area (Å²) in [6.07, 6.45) is 2.43. The number of hydrogen-bond donors (Lipinski definition) is 0. The molecule has 1 aromatic heterocycles. The standard InChI is InChI=1S/C21H25N3O4/c1-23(14-17-15-27-18-5-2-3-6-19(18)28-17)21(25)16-7-8-20(22-13-16)24-9-4-11-26-12-10-24/h2-3,5-8,13,17H,4,9-12,14-15H2,1H3/t17-/m1/s1. The van der Waals surface area contributed by atoms with Crippen molar-refractivity contribution in [2.45, 2.75) is 12.5 Å². The second kappa shape index (κ2) is 8.48. The summed E-state index contributed by atoms with van der Waals surface area (Å²) in [7, 11) is 1.77. The number of para-hydroxylation sites is 2. The molecule has 4 rings (SSSR count). The highest BCUT2D eigenvalue weighted by Gasteiger charge is 2.24. The summed E-state index contributed by atoms with van der Waals surface area (Å²) in [5.41, 5.74) is 0.564. The van der Waals surface area contributed by atoms with E-state index < -0.39 is 0 Å². The Morgan fingerprint density at radius 1 is 1.18 bits per heavy atom. The van der Waals surface area contributed by atoms with E-state index in [9.17, 15) is 4.79 Å². The van der Waals surface area contributed by atoms with Crippen LogP contribution in [0.25, 0.3) is 0 Å². The third-order valence-electron chi connectivity index (χ3n) is 4.93. The van der Waals surface area contributed by atoms with E-state index in [1.807, 2.05) is 36.4 Å². The Hall–Kier alpha value is -2.80. The zero-order chi connectivity index (χ0) is 19.3. The number of pyridine rings is 1. The summed E-state index contributed by atoms with van der Waals surface area (Å²) in [4.78, 5) is 21.1. The molecule has 2 aliphatic heterocycles. The minimum absolute atomic E-state index is 0.0827. The van der Waals surface area contributed by atoms with E-state index in [0.29, 0.717) is 31.1 Å². The monoisotopic (exact) mass is 383 g/mol. The molecule has 2 aromatic rings. The van der Waals surface area contributed by atoms with Crippen molar-refractivity contribution in [3.05, 3.63) is 48.2 Å². The summed E-state index contributed by atoms with van der Waals surface area (Å²) in [5.74, 6) is 2.25. The lowest BCUT2D eigenvalue weighted by Crippen LogP contribution is -2.41. The van der Waals surface area contributed by atoms with Crippen LogP contribution in [0.3, 0.4) is 0 Å². The average Bonchev–Trinajstić information content (AvgIpc) is 3.03. The fraction of sp³-hybridized carbons (Fsp3) is 0.429. The van der Waals surface area contributed by atoms with Gasteiger partial charge in [0.25, 0.3) is 5.91 Å². The Labute approximate surface area is 164 Å². The van der Waals surface area contributed by atoms with Gasteiger partial charge in [-0.15, -0.1) is 0 Å². The minimum Gasteiger partial charge on any atom is -0.486 e. The molecule has 2 aliphatic rings. The van der Waals surface area contributed by atoms with Crippen LogP contribution < -0.4 is 14.4 Å². The summed E-state index contributed by atoms with van der Waals surface area (Å²) in [5, 5.41) is 0. The maximum absolute atomic E-state index is 12.8. The van der Waals surface area contributed by atoms with Crippen LogP contribution in [0.15, 0.2) is 42.6 Å². The molecule has 7 heteroatoms. The fourth-order valence-corrected chi connectivity index (χ4v) is 3.44. The third kappa shape index (κ3) is 4.20. The van der Waals surface area contributed by atoms with Crippen LogP contribution in [0.5, 0.6) is 11.5 Å². The highest BCUT2D eigenvalue weighted by molar-refractivity contribution is 5.94. The number of nitrogens with zero attached hydrogens (tertiary/aromatic N) is 3. The van der Waals surface area contributed by atoms with E-state index in [1.54, 1.807) is 18.1 Å². The number of ether oxygens (including phenoxy) is 3. The zero-order valence-corrected chi connectivity index (χ0v) is 16.0. The highest BCUT2D eigenvalue weighted by atomic mass is 16.6. The van der Waals surface area contributed by atoms with Gasteiger partial charge in [-0.2, -0.15) is 0 Å². The van der Waals surface area contributed by atoms with Crippen molar-refractivity contribution < 1.29 is 19.0 Å². The van der Waals surface area contributed by atoms with Gasteiger partial charge in [-0.1, -0.05) is 12.1 Å². The number of fused-ring (bicyclic) bond motifs is 1. The van der Waals surface area contributed by atoms with Crippen LogP contribution in [0.4, 0.5) is 5.82 Å². The number of likely N-dealkylation sites (N-methyl/N-ethyl adjacent to an activating group) is 1. The molecule has 0 bridgehead atoms. The van der Waals surface area contributed by atoms with Crippen LogP contribution in [0.2, 0.25) is 0 Å². The first-order valence-electron chi connectivity index (χ1n) is 9.63. The van der Waals surface area contributed by atoms with Crippen LogP contribution in [0.1, 0.15) is 16.8 Å². The molecule has 0 radical (unpaired) electrons. The number of rotatable bonds is 4. The first-order valence-corrected chi connectivity index (χ1v) is 9.63. The van der Waals surface area contributed by atoms with Crippen molar-refractivity contribution in [2.75, 3.05) is 51.4 Å². The average molecular weight is 383 g/mol. The molecule has 28 heavy (non-hydrogen) atoms. The number of hydrogen-bond acceptors (Lipinski definition) is 6. The van der Waals surface area contributed by atoms with Crippen molar-refractivity contribution in [3.8, 4) is 11.5 Å². The molecule has 3 heterocycles. The molecule has 1 fully saturated rings. The summed E-state index contributed by atoms with van der Waals surface area (Å²) in [6, 6.07) is 11.3. The number of carbonyl (C=O) groups is 1. The van der Waals surface area contributed by atoms with Gasteiger partial charge in [-0.05, 0) is 30.7 Å². The van der Waals surface area contributed by atoms with Gasteiger partial charge in [0.05, 0.1) is 18.7 Å². The quantitative estimate of drug-likeness (QED) is 0.807. The maximum atomic E-state index is 12.8. The van der Waals surface area contributed by atoms with Crippen LogP contribution in [-0.4, -0.2) is 68.4 Å². The van der Waals surface area contributed by atoms with Gasteiger partial charge in [0.1, 0.15) is 12.4 Å². The number of benzene rings is 1. The van der Waals surface area contributed by atoms with Gasteiger partial charge in [0.2, 0.25) is 0 Å². The molecule has 0 saturated carbocycles. The SMILES string of the molecule is CN(C[C@@H]1COc2ccccc2O1)C(=O)c1ccc(N2CCCOCC2)nc1. The van der Waals surface area contributed by atoms with E-state index in [0.717, 1.165) is 37.7 Å². The number of amides is 1. The second-order valence-corrected chi connectivity index (χ2v) is 7.04. The summed E-state index contributed by atoms with van der Waals surface area (Å²) in [6.45, 7) is 4.09. The Balaban J connectivity index is 1.36.